The molecule has 0 atom stereocenters. The van der Waals surface area contributed by atoms with Crippen molar-refractivity contribution in [3.05, 3.63) is 69.9 Å². The van der Waals surface area contributed by atoms with Crippen molar-refractivity contribution in [1.29, 1.82) is 0 Å². The average Bonchev–Trinajstić information content (AvgIpc) is 3.30. The summed E-state index contributed by atoms with van der Waals surface area (Å²) in [4.78, 5) is 16.9. The second-order valence-electron chi connectivity index (χ2n) is 6.59. The van der Waals surface area contributed by atoms with E-state index in [4.69, 9.17) is 11.6 Å². The number of hydrogen-bond donors (Lipinski definition) is 1. The molecule has 29 heavy (non-hydrogen) atoms. The van der Waals surface area contributed by atoms with Crippen LogP contribution in [-0.4, -0.2) is 30.3 Å². The summed E-state index contributed by atoms with van der Waals surface area (Å²) in [6, 6.07) is 12.9. The molecule has 0 aliphatic heterocycles. The van der Waals surface area contributed by atoms with E-state index in [0.717, 1.165) is 34.0 Å². The molecule has 0 aliphatic carbocycles. The van der Waals surface area contributed by atoms with Crippen LogP contribution < -0.4 is 5.32 Å². The highest BCUT2D eigenvalue weighted by Crippen LogP contribution is 2.25. The molecule has 9 heteroatoms. The van der Waals surface area contributed by atoms with Gasteiger partial charge in [0, 0.05) is 22.1 Å². The Balaban J connectivity index is 1.56. The number of aryl methyl sites for hydroxylation is 2. The predicted octanol–water partition coefficient (Wildman–Crippen LogP) is 4.62. The molecule has 0 saturated heterocycles. The van der Waals surface area contributed by atoms with E-state index in [1.807, 2.05) is 45.0 Å². The van der Waals surface area contributed by atoms with Gasteiger partial charge in [0.05, 0.1) is 11.4 Å². The van der Waals surface area contributed by atoms with Gasteiger partial charge in [-0.15, -0.1) is 5.10 Å². The highest BCUT2D eigenvalue weighted by atomic mass is 35.5. The first kappa shape index (κ1) is 19.2. The van der Waals surface area contributed by atoms with Gasteiger partial charge in [0.15, 0.2) is 11.5 Å². The zero-order chi connectivity index (χ0) is 20.5. The van der Waals surface area contributed by atoms with Crippen LogP contribution in [0.15, 0.2) is 42.5 Å². The molecule has 0 saturated carbocycles. The van der Waals surface area contributed by atoms with E-state index in [0.29, 0.717) is 27.2 Å². The topological polar surface area (TPSA) is 85.6 Å². The number of nitrogens with zero attached hydrogens (tertiary/aromatic N) is 5. The van der Waals surface area contributed by atoms with Gasteiger partial charge in [0.25, 0.3) is 5.91 Å². The average molecular weight is 425 g/mol. The van der Waals surface area contributed by atoms with Crippen molar-refractivity contribution in [2.75, 3.05) is 5.32 Å². The zero-order valence-electron chi connectivity index (χ0n) is 16.0. The molecular formula is C20H17ClN6OS. The summed E-state index contributed by atoms with van der Waals surface area (Å²) in [6.07, 6.45) is 0. The number of aromatic nitrogens is 5. The van der Waals surface area contributed by atoms with Crippen molar-refractivity contribution >= 4 is 34.2 Å². The molecule has 1 N–H and O–H groups in total. The summed E-state index contributed by atoms with van der Waals surface area (Å²) in [6.45, 7) is 5.86. The normalized spacial score (nSPS) is 10.9. The lowest BCUT2D eigenvalue weighted by molar-refractivity contribution is 0.102. The Kier molecular flexibility index (Phi) is 5.12. The Labute approximate surface area is 176 Å². The fraction of sp³-hybridized carbons (Fsp3) is 0.150. The second-order valence-corrected chi connectivity index (χ2v) is 7.78. The lowest BCUT2D eigenvalue weighted by atomic mass is 10.1. The predicted molar refractivity (Wildman–Crippen MR) is 114 cm³/mol. The van der Waals surface area contributed by atoms with E-state index in [1.165, 1.54) is 0 Å². The molecule has 4 aromatic rings. The van der Waals surface area contributed by atoms with Gasteiger partial charge in [-0.3, -0.25) is 10.1 Å². The summed E-state index contributed by atoms with van der Waals surface area (Å²) >= 11 is 7.17. The Bertz CT molecular complexity index is 1220. The van der Waals surface area contributed by atoms with Crippen molar-refractivity contribution in [2.24, 2.45) is 0 Å². The Hall–Kier alpha value is -3.10. The number of amides is 1. The van der Waals surface area contributed by atoms with Crippen LogP contribution in [0.3, 0.4) is 0 Å². The summed E-state index contributed by atoms with van der Waals surface area (Å²) in [5.41, 5.74) is 4.90. The maximum atomic E-state index is 12.5. The van der Waals surface area contributed by atoms with Gasteiger partial charge in [-0.1, -0.05) is 28.9 Å². The number of carbonyl (C=O) groups is 1. The highest BCUT2D eigenvalue weighted by molar-refractivity contribution is 7.10. The summed E-state index contributed by atoms with van der Waals surface area (Å²) in [5, 5.41) is 12.2. The van der Waals surface area contributed by atoms with E-state index in [2.05, 4.69) is 25.0 Å². The highest BCUT2D eigenvalue weighted by Gasteiger charge is 2.18. The monoisotopic (exact) mass is 424 g/mol. The Morgan fingerprint density at radius 2 is 1.93 bits per heavy atom. The molecule has 1 amide bonds. The van der Waals surface area contributed by atoms with Crippen LogP contribution in [0.25, 0.3) is 17.2 Å². The standard InChI is InChI=1S/C20H17ClN6OS/c1-11-7-8-14(9-12(11)2)19(28)23-20-22-18(25-29-20)17-13(3)27(26-24-17)16-6-4-5-15(21)10-16/h4-10H,1-3H3,(H,22,23,25,28). The first-order chi connectivity index (χ1) is 13.9. The zero-order valence-corrected chi connectivity index (χ0v) is 17.5. The molecule has 0 unspecified atom stereocenters. The molecule has 0 aliphatic rings. The molecule has 4 rings (SSSR count). The lowest BCUT2D eigenvalue weighted by Gasteiger charge is -2.04. The third kappa shape index (κ3) is 3.90. The number of hydrogen-bond acceptors (Lipinski definition) is 6. The molecule has 7 nitrogen and oxygen atoms in total. The molecule has 0 spiro atoms. The molecule has 2 aromatic carbocycles. The molecule has 2 heterocycles. The van der Waals surface area contributed by atoms with Crippen LogP contribution in [0.5, 0.6) is 0 Å². The van der Waals surface area contributed by atoms with Crippen LogP contribution in [0.2, 0.25) is 5.02 Å². The number of rotatable bonds is 4. The third-order valence-electron chi connectivity index (χ3n) is 4.57. The SMILES string of the molecule is Cc1ccc(C(=O)Nc2nc(-c3nnn(-c4cccc(Cl)c4)c3C)ns2)cc1C. The minimum atomic E-state index is -0.227. The summed E-state index contributed by atoms with van der Waals surface area (Å²) in [7, 11) is 0. The van der Waals surface area contributed by atoms with E-state index >= 15 is 0 Å². The smallest absolute Gasteiger partial charge is 0.257 e. The number of nitrogens with one attached hydrogen (secondary N) is 1. The van der Waals surface area contributed by atoms with Crippen LogP contribution in [0, 0.1) is 20.8 Å². The molecule has 0 bridgehead atoms. The third-order valence-corrected chi connectivity index (χ3v) is 5.44. The number of benzene rings is 2. The minimum absolute atomic E-state index is 0.227. The molecule has 2 aromatic heterocycles. The van der Waals surface area contributed by atoms with Crippen LogP contribution in [0.1, 0.15) is 27.2 Å². The van der Waals surface area contributed by atoms with Crippen LogP contribution >= 0.6 is 23.1 Å². The Morgan fingerprint density at radius 3 is 2.69 bits per heavy atom. The quantitative estimate of drug-likeness (QED) is 0.516. The number of carbonyl (C=O) groups excluding carboxylic acids is 1. The van der Waals surface area contributed by atoms with Gasteiger partial charge in [-0.25, -0.2) is 4.68 Å². The fourth-order valence-corrected chi connectivity index (χ4v) is 3.56. The van der Waals surface area contributed by atoms with Crippen molar-refractivity contribution in [3.63, 3.8) is 0 Å². The maximum absolute atomic E-state index is 12.5. The van der Waals surface area contributed by atoms with Crippen molar-refractivity contribution in [3.8, 4) is 17.2 Å². The van der Waals surface area contributed by atoms with Gasteiger partial charge in [0.2, 0.25) is 5.13 Å². The number of anilines is 1. The van der Waals surface area contributed by atoms with Crippen molar-refractivity contribution in [1.82, 2.24) is 24.4 Å². The summed E-state index contributed by atoms with van der Waals surface area (Å²) in [5.74, 6) is 0.186. The van der Waals surface area contributed by atoms with E-state index in [1.54, 1.807) is 22.9 Å². The van der Waals surface area contributed by atoms with Gasteiger partial charge < -0.3 is 0 Å². The first-order valence-corrected chi connectivity index (χ1v) is 9.98. The molecule has 0 radical (unpaired) electrons. The van der Waals surface area contributed by atoms with Gasteiger partial charge in [-0.2, -0.15) is 9.36 Å². The van der Waals surface area contributed by atoms with Gasteiger partial charge in [-0.05, 0) is 62.2 Å². The van der Waals surface area contributed by atoms with E-state index < -0.39 is 0 Å². The summed E-state index contributed by atoms with van der Waals surface area (Å²) < 4.78 is 6.00. The van der Waals surface area contributed by atoms with Crippen LogP contribution in [0.4, 0.5) is 5.13 Å². The van der Waals surface area contributed by atoms with E-state index in [-0.39, 0.29) is 5.91 Å². The minimum Gasteiger partial charge on any atom is -0.297 e. The first-order valence-electron chi connectivity index (χ1n) is 8.83. The van der Waals surface area contributed by atoms with Crippen molar-refractivity contribution in [2.45, 2.75) is 20.8 Å². The van der Waals surface area contributed by atoms with Crippen molar-refractivity contribution < 1.29 is 4.79 Å². The molecular weight excluding hydrogens is 408 g/mol. The Morgan fingerprint density at radius 1 is 1.10 bits per heavy atom. The van der Waals surface area contributed by atoms with Gasteiger partial charge in [0.1, 0.15) is 0 Å². The molecule has 146 valence electrons. The second kappa shape index (κ2) is 7.73. The largest absolute Gasteiger partial charge is 0.297 e. The molecule has 0 fully saturated rings. The fourth-order valence-electron chi connectivity index (χ4n) is 2.81. The maximum Gasteiger partial charge on any atom is 0.257 e. The van der Waals surface area contributed by atoms with E-state index in [9.17, 15) is 4.79 Å². The van der Waals surface area contributed by atoms with Crippen LogP contribution in [-0.2, 0) is 0 Å². The lowest BCUT2D eigenvalue weighted by Crippen LogP contribution is -2.12. The van der Waals surface area contributed by atoms with Gasteiger partial charge >= 0.3 is 0 Å². The number of halogens is 1.